The second-order valence-corrected chi connectivity index (χ2v) is 14.1. The summed E-state index contributed by atoms with van der Waals surface area (Å²) in [6.45, 7) is 0. The SMILES string of the molecule is OB(O)c1ccc2sc3ccc(-n4c5ccccc5c5ccc6c(c54)-c4ccccc4C64c5ccccc5-c5ccccc54)cc3c2c1. The van der Waals surface area contributed by atoms with Crippen LogP contribution in [0.3, 0.4) is 0 Å². The molecule has 9 aromatic rings. The highest BCUT2D eigenvalue weighted by Crippen LogP contribution is 2.64. The number of fused-ring (bicyclic) bond motifs is 17. The standard InChI is InChI=1S/C43H26BNO2S/c46-44(47)25-17-21-39-32(23-25)33-24-26(18-22-40(33)48-39)45-38-16-8-4-11-29(38)30-19-20-37-41(42(30)45)31-12-3-7-15-36(31)43(37)34-13-5-1-9-27(34)28-10-2-6-14-35(28)43/h1-24,46-47H. The molecule has 0 saturated heterocycles. The van der Waals surface area contributed by atoms with Gasteiger partial charge in [-0.05, 0) is 74.7 Å². The normalized spacial score (nSPS) is 13.8. The van der Waals surface area contributed by atoms with Crippen LogP contribution in [0.1, 0.15) is 22.3 Å². The molecule has 0 bridgehead atoms. The number of para-hydroxylation sites is 1. The smallest absolute Gasteiger partial charge is 0.423 e. The maximum atomic E-state index is 9.97. The van der Waals surface area contributed by atoms with Gasteiger partial charge in [0.05, 0.1) is 16.4 Å². The highest BCUT2D eigenvalue weighted by molar-refractivity contribution is 7.25. The molecule has 0 amide bonds. The Kier molecular flexibility index (Phi) is 5.17. The summed E-state index contributed by atoms with van der Waals surface area (Å²) >= 11 is 1.73. The van der Waals surface area contributed by atoms with Crippen LogP contribution in [0, 0.1) is 0 Å². The van der Waals surface area contributed by atoms with Crippen molar-refractivity contribution in [2.75, 3.05) is 0 Å². The van der Waals surface area contributed by atoms with Crippen molar-refractivity contribution in [3.05, 3.63) is 168 Å². The van der Waals surface area contributed by atoms with Gasteiger partial charge in [-0.25, -0.2) is 0 Å². The highest BCUT2D eigenvalue weighted by atomic mass is 32.1. The molecule has 0 saturated carbocycles. The fourth-order valence-electron chi connectivity index (χ4n) is 8.98. The van der Waals surface area contributed by atoms with Crippen molar-refractivity contribution in [3.63, 3.8) is 0 Å². The van der Waals surface area contributed by atoms with Crippen LogP contribution in [0.15, 0.2) is 146 Å². The first kappa shape index (κ1) is 26.6. The second kappa shape index (κ2) is 9.33. The van der Waals surface area contributed by atoms with E-state index in [9.17, 15) is 10.0 Å². The van der Waals surface area contributed by atoms with Crippen LogP contribution in [0.25, 0.3) is 69.9 Å². The van der Waals surface area contributed by atoms with Gasteiger partial charge in [-0.1, -0.05) is 115 Å². The van der Waals surface area contributed by atoms with E-state index in [-0.39, 0.29) is 0 Å². The number of hydrogen-bond acceptors (Lipinski definition) is 3. The van der Waals surface area contributed by atoms with Gasteiger partial charge < -0.3 is 14.6 Å². The van der Waals surface area contributed by atoms with Gasteiger partial charge in [0.15, 0.2) is 0 Å². The van der Waals surface area contributed by atoms with E-state index in [1.54, 1.807) is 17.4 Å². The molecule has 0 aliphatic heterocycles. The lowest BCUT2D eigenvalue weighted by atomic mass is 9.70. The van der Waals surface area contributed by atoms with E-state index in [4.69, 9.17) is 0 Å². The van der Waals surface area contributed by atoms with Crippen LogP contribution in [-0.2, 0) is 5.41 Å². The number of benzene rings is 7. The van der Waals surface area contributed by atoms with Gasteiger partial charge in [-0.3, -0.25) is 0 Å². The molecule has 1 spiro atoms. The van der Waals surface area contributed by atoms with Gasteiger partial charge >= 0.3 is 7.12 Å². The minimum Gasteiger partial charge on any atom is -0.423 e. The first-order valence-corrected chi connectivity index (χ1v) is 17.1. The number of thiophene rings is 1. The van der Waals surface area contributed by atoms with Crippen molar-refractivity contribution in [2.45, 2.75) is 5.41 Å². The van der Waals surface area contributed by atoms with E-state index in [1.807, 2.05) is 12.1 Å². The van der Waals surface area contributed by atoms with Crippen molar-refractivity contribution in [1.29, 1.82) is 0 Å². The lowest BCUT2D eigenvalue weighted by Gasteiger charge is -2.30. The third kappa shape index (κ3) is 3.16. The monoisotopic (exact) mass is 631 g/mol. The van der Waals surface area contributed by atoms with Gasteiger partial charge in [0.1, 0.15) is 0 Å². The largest absolute Gasteiger partial charge is 0.488 e. The van der Waals surface area contributed by atoms with E-state index >= 15 is 0 Å². The zero-order chi connectivity index (χ0) is 31.7. The minimum atomic E-state index is -1.51. The maximum Gasteiger partial charge on any atom is 0.488 e. The van der Waals surface area contributed by atoms with Crippen LogP contribution in [0.5, 0.6) is 0 Å². The third-order valence-electron chi connectivity index (χ3n) is 10.8. The van der Waals surface area contributed by atoms with Crippen LogP contribution >= 0.6 is 11.3 Å². The summed E-state index contributed by atoms with van der Waals surface area (Å²) in [5.74, 6) is 0. The van der Waals surface area contributed by atoms with Crippen molar-refractivity contribution in [1.82, 2.24) is 4.57 Å². The fraction of sp³-hybridized carbons (Fsp3) is 0.0233. The average molecular weight is 632 g/mol. The summed E-state index contributed by atoms with van der Waals surface area (Å²) in [7, 11) is -1.51. The Morgan fingerprint density at radius 3 is 1.83 bits per heavy atom. The predicted octanol–water partition coefficient (Wildman–Crippen LogP) is 9.17. The molecule has 3 nitrogen and oxygen atoms in total. The number of aromatic nitrogens is 1. The van der Waals surface area contributed by atoms with Gasteiger partial charge in [-0.2, -0.15) is 0 Å². The molecule has 2 aromatic heterocycles. The van der Waals surface area contributed by atoms with Crippen molar-refractivity contribution in [2.24, 2.45) is 0 Å². The molecule has 0 radical (unpaired) electrons. The molecule has 7 aromatic carbocycles. The lowest BCUT2D eigenvalue weighted by molar-refractivity contribution is 0.426. The highest BCUT2D eigenvalue weighted by Gasteiger charge is 2.52. The summed E-state index contributed by atoms with van der Waals surface area (Å²) in [5.41, 5.74) is 14.0. The molecule has 48 heavy (non-hydrogen) atoms. The average Bonchev–Trinajstić information content (AvgIpc) is 3.84. The van der Waals surface area contributed by atoms with Crippen molar-refractivity contribution < 1.29 is 10.0 Å². The molecule has 0 fully saturated rings. The molecule has 11 rings (SSSR count). The van der Waals surface area contributed by atoms with Crippen LogP contribution in [0.4, 0.5) is 0 Å². The van der Waals surface area contributed by atoms with E-state index in [0.717, 1.165) is 26.7 Å². The van der Waals surface area contributed by atoms with Crippen LogP contribution in [-0.4, -0.2) is 21.7 Å². The zero-order valence-electron chi connectivity index (χ0n) is 25.7. The summed E-state index contributed by atoms with van der Waals surface area (Å²) < 4.78 is 4.76. The molecule has 0 atom stereocenters. The Bertz CT molecular complexity index is 2800. The third-order valence-corrected chi connectivity index (χ3v) is 12.0. The zero-order valence-corrected chi connectivity index (χ0v) is 26.5. The van der Waals surface area contributed by atoms with E-state index < -0.39 is 12.5 Å². The van der Waals surface area contributed by atoms with Crippen molar-refractivity contribution in [3.8, 4) is 27.9 Å². The minimum absolute atomic E-state index is 0.413. The van der Waals surface area contributed by atoms with E-state index in [1.165, 1.54) is 65.5 Å². The molecule has 224 valence electrons. The Morgan fingerprint density at radius 1 is 0.500 bits per heavy atom. The quantitative estimate of drug-likeness (QED) is 0.187. The maximum absolute atomic E-state index is 9.97. The summed E-state index contributed by atoms with van der Waals surface area (Å²) in [6.07, 6.45) is 0. The van der Waals surface area contributed by atoms with Crippen LogP contribution < -0.4 is 5.46 Å². The molecular formula is C43H26BNO2S. The van der Waals surface area contributed by atoms with Gasteiger partial charge in [0.25, 0.3) is 0 Å². The first-order valence-electron chi connectivity index (χ1n) is 16.3. The molecule has 0 unspecified atom stereocenters. The van der Waals surface area contributed by atoms with Gasteiger partial charge in [0.2, 0.25) is 0 Å². The van der Waals surface area contributed by atoms with E-state index in [2.05, 4.69) is 132 Å². The topological polar surface area (TPSA) is 45.4 Å². The molecular weight excluding hydrogens is 605 g/mol. The summed E-state index contributed by atoms with van der Waals surface area (Å²) in [4.78, 5) is 0. The lowest BCUT2D eigenvalue weighted by Crippen LogP contribution is -2.29. The van der Waals surface area contributed by atoms with E-state index in [0.29, 0.717) is 5.46 Å². The molecule has 5 heteroatoms. The number of nitrogens with zero attached hydrogens (tertiary/aromatic N) is 1. The second-order valence-electron chi connectivity index (χ2n) is 13.0. The Balaban J connectivity index is 1.29. The Morgan fingerprint density at radius 2 is 1.10 bits per heavy atom. The number of hydrogen-bond donors (Lipinski definition) is 2. The van der Waals surface area contributed by atoms with Gasteiger partial charge in [0, 0.05) is 42.2 Å². The van der Waals surface area contributed by atoms with Crippen molar-refractivity contribution >= 4 is 65.9 Å². The molecule has 2 heterocycles. The molecule has 2 N–H and O–H groups in total. The molecule has 2 aliphatic rings. The summed E-state index contributed by atoms with van der Waals surface area (Å²) in [5, 5.41) is 24.5. The Labute approximate surface area is 280 Å². The fourth-order valence-corrected chi connectivity index (χ4v) is 10.0. The Hall–Kier alpha value is -5.46. The number of rotatable bonds is 2. The predicted molar refractivity (Wildman–Crippen MR) is 200 cm³/mol. The van der Waals surface area contributed by atoms with Gasteiger partial charge in [-0.15, -0.1) is 11.3 Å². The van der Waals surface area contributed by atoms with Crippen LogP contribution in [0.2, 0.25) is 0 Å². The first-order chi connectivity index (χ1) is 23.6. The summed E-state index contributed by atoms with van der Waals surface area (Å²) in [6, 6.07) is 52.8. The molecule has 2 aliphatic carbocycles.